The van der Waals surface area contributed by atoms with Crippen molar-refractivity contribution in [3.8, 4) is 0 Å². The van der Waals surface area contributed by atoms with Gasteiger partial charge < -0.3 is 9.67 Å². The lowest BCUT2D eigenvalue weighted by molar-refractivity contribution is 0.161. The Labute approximate surface area is 133 Å². The Hall–Kier alpha value is -1.41. The van der Waals surface area contributed by atoms with Crippen molar-refractivity contribution in [2.75, 3.05) is 6.54 Å². The minimum absolute atomic E-state index is 0.0453. The van der Waals surface area contributed by atoms with Crippen molar-refractivity contribution in [3.63, 3.8) is 0 Å². The van der Waals surface area contributed by atoms with E-state index in [1.165, 1.54) is 0 Å². The first-order valence-electron chi connectivity index (χ1n) is 6.55. The van der Waals surface area contributed by atoms with E-state index in [9.17, 15) is 17.9 Å². The molecule has 2 aromatic rings. The average Bonchev–Trinajstić information content (AvgIpc) is 2.87. The van der Waals surface area contributed by atoms with Crippen LogP contribution in [-0.4, -0.2) is 24.6 Å². The van der Waals surface area contributed by atoms with Gasteiger partial charge in [-0.3, -0.25) is 0 Å². The zero-order chi connectivity index (χ0) is 16.3. The fourth-order valence-electron chi connectivity index (χ4n) is 2.03. The van der Waals surface area contributed by atoms with Gasteiger partial charge in [0.2, 0.25) is 10.0 Å². The number of aromatic nitrogens is 1. The molecule has 1 atom stereocenters. The second kappa shape index (κ2) is 6.78. The molecule has 1 aromatic carbocycles. The van der Waals surface area contributed by atoms with Crippen LogP contribution in [0, 0.1) is 5.82 Å². The van der Waals surface area contributed by atoms with E-state index in [1.807, 2.05) is 0 Å². The molecule has 120 valence electrons. The number of aryl methyl sites for hydroxylation is 1. The first kappa shape index (κ1) is 17.0. The van der Waals surface area contributed by atoms with Crippen molar-refractivity contribution in [1.82, 2.24) is 9.29 Å². The summed E-state index contributed by atoms with van der Waals surface area (Å²) in [5.74, 6) is -0.681. The first-order chi connectivity index (χ1) is 10.3. The monoisotopic (exact) mass is 346 g/mol. The zero-order valence-corrected chi connectivity index (χ0v) is 13.4. The van der Waals surface area contributed by atoms with Crippen LogP contribution in [0.1, 0.15) is 18.2 Å². The van der Waals surface area contributed by atoms with Crippen molar-refractivity contribution in [1.29, 1.82) is 0 Å². The number of nitrogens with zero attached hydrogens (tertiary/aromatic N) is 1. The Morgan fingerprint density at radius 3 is 2.73 bits per heavy atom. The molecular formula is C14H16ClFN2O3S. The number of aliphatic hydroxyl groups is 1. The lowest BCUT2D eigenvalue weighted by Gasteiger charge is -2.13. The summed E-state index contributed by atoms with van der Waals surface area (Å²) in [5.41, 5.74) is 0.698. The van der Waals surface area contributed by atoms with Gasteiger partial charge >= 0.3 is 0 Å². The van der Waals surface area contributed by atoms with Crippen LogP contribution in [-0.2, 0) is 17.1 Å². The summed E-state index contributed by atoms with van der Waals surface area (Å²) in [5, 5.41) is 9.75. The van der Waals surface area contributed by atoms with Crippen LogP contribution in [0.4, 0.5) is 4.39 Å². The molecule has 2 N–H and O–H groups in total. The van der Waals surface area contributed by atoms with Gasteiger partial charge in [-0.25, -0.2) is 17.5 Å². The van der Waals surface area contributed by atoms with E-state index in [2.05, 4.69) is 4.72 Å². The fourth-order valence-corrected chi connectivity index (χ4v) is 3.34. The maximum absolute atomic E-state index is 13.1. The Kier molecular flexibility index (Phi) is 5.23. The van der Waals surface area contributed by atoms with E-state index < -0.39 is 21.9 Å². The number of sulfonamides is 1. The summed E-state index contributed by atoms with van der Waals surface area (Å²) >= 11 is 5.58. The molecule has 1 heterocycles. The number of aliphatic hydroxyl groups excluding tert-OH is 1. The number of nitrogens with one attached hydrogen (secondary N) is 1. The smallest absolute Gasteiger partial charge is 0.240 e. The van der Waals surface area contributed by atoms with Crippen molar-refractivity contribution < 1.29 is 17.9 Å². The van der Waals surface area contributed by atoms with Gasteiger partial charge in [0.05, 0.1) is 16.0 Å². The van der Waals surface area contributed by atoms with Gasteiger partial charge in [0.1, 0.15) is 5.82 Å². The number of halogens is 2. The molecular weight excluding hydrogens is 331 g/mol. The number of hydrogen-bond donors (Lipinski definition) is 2. The molecule has 0 saturated carbocycles. The maximum atomic E-state index is 13.1. The van der Waals surface area contributed by atoms with Gasteiger partial charge in [-0.2, -0.15) is 0 Å². The third kappa shape index (κ3) is 3.86. The average molecular weight is 347 g/mol. The highest BCUT2D eigenvalue weighted by molar-refractivity contribution is 7.89. The highest BCUT2D eigenvalue weighted by Crippen LogP contribution is 2.20. The highest BCUT2D eigenvalue weighted by Gasteiger charge is 2.17. The van der Waals surface area contributed by atoms with Gasteiger partial charge in [0.15, 0.2) is 0 Å². The minimum atomic E-state index is -3.79. The van der Waals surface area contributed by atoms with Gasteiger partial charge in [-0.05, 0) is 36.8 Å². The van der Waals surface area contributed by atoms with Crippen LogP contribution in [0.2, 0.25) is 5.02 Å². The second-order valence-electron chi connectivity index (χ2n) is 4.82. The summed E-state index contributed by atoms with van der Waals surface area (Å²) in [6, 6.07) is 6.74. The molecule has 1 aromatic heterocycles. The Bertz CT molecular complexity index is 761. The SMILES string of the molecule is Cn1cccc1C(O)CCNS(=O)(=O)c1ccc(F)c(Cl)c1. The molecule has 0 aliphatic rings. The van der Waals surface area contributed by atoms with Gasteiger partial charge in [0, 0.05) is 25.5 Å². The van der Waals surface area contributed by atoms with Crippen molar-refractivity contribution in [2.45, 2.75) is 17.4 Å². The fraction of sp³-hybridized carbons (Fsp3) is 0.286. The quantitative estimate of drug-likeness (QED) is 0.842. The summed E-state index contributed by atoms with van der Waals surface area (Å²) in [6.07, 6.45) is 1.23. The van der Waals surface area contributed by atoms with E-state index >= 15 is 0 Å². The summed E-state index contributed by atoms with van der Waals surface area (Å²) in [7, 11) is -2.00. The molecule has 0 radical (unpaired) electrons. The van der Waals surface area contributed by atoms with Crippen molar-refractivity contribution >= 4 is 21.6 Å². The van der Waals surface area contributed by atoms with Gasteiger partial charge in [-0.1, -0.05) is 11.6 Å². The molecule has 22 heavy (non-hydrogen) atoms. The van der Waals surface area contributed by atoms with Gasteiger partial charge in [-0.15, -0.1) is 0 Å². The molecule has 0 aliphatic carbocycles. The molecule has 0 amide bonds. The molecule has 0 bridgehead atoms. The maximum Gasteiger partial charge on any atom is 0.240 e. The summed E-state index contributed by atoms with van der Waals surface area (Å²) < 4.78 is 41.3. The van der Waals surface area contributed by atoms with E-state index in [0.29, 0.717) is 5.69 Å². The number of benzene rings is 1. The largest absolute Gasteiger partial charge is 0.387 e. The van der Waals surface area contributed by atoms with Crippen LogP contribution >= 0.6 is 11.6 Å². The van der Waals surface area contributed by atoms with Crippen LogP contribution in [0.5, 0.6) is 0 Å². The Morgan fingerprint density at radius 1 is 1.41 bits per heavy atom. The second-order valence-corrected chi connectivity index (χ2v) is 7.00. The lowest BCUT2D eigenvalue weighted by atomic mass is 10.2. The number of hydrogen-bond acceptors (Lipinski definition) is 3. The molecule has 8 heteroatoms. The number of rotatable bonds is 6. The molecule has 0 saturated heterocycles. The predicted molar refractivity (Wildman–Crippen MR) is 81.6 cm³/mol. The normalized spacial score (nSPS) is 13.3. The van der Waals surface area contributed by atoms with Crippen LogP contribution < -0.4 is 4.72 Å². The van der Waals surface area contributed by atoms with Crippen LogP contribution in [0.3, 0.4) is 0 Å². The van der Waals surface area contributed by atoms with Crippen molar-refractivity contribution in [3.05, 3.63) is 53.1 Å². The molecule has 0 spiro atoms. The Balaban J connectivity index is 1.98. The minimum Gasteiger partial charge on any atom is -0.387 e. The van der Waals surface area contributed by atoms with E-state index in [4.69, 9.17) is 11.6 Å². The van der Waals surface area contributed by atoms with E-state index in [-0.39, 0.29) is 22.9 Å². The molecule has 0 aliphatic heterocycles. The molecule has 2 rings (SSSR count). The zero-order valence-electron chi connectivity index (χ0n) is 11.8. The Morgan fingerprint density at radius 2 is 2.14 bits per heavy atom. The third-order valence-corrected chi connectivity index (χ3v) is 4.98. The lowest BCUT2D eigenvalue weighted by Crippen LogP contribution is -2.26. The summed E-state index contributed by atoms with van der Waals surface area (Å²) in [4.78, 5) is -0.118. The molecule has 0 fully saturated rings. The van der Waals surface area contributed by atoms with E-state index in [0.717, 1.165) is 18.2 Å². The topological polar surface area (TPSA) is 71.3 Å². The van der Waals surface area contributed by atoms with Crippen LogP contribution in [0.25, 0.3) is 0 Å². The molecule has 1 unspecified atom stereocenters. The third-order valence-electron chi connectivity index (χ3n) is 3.24. The van der Waals surface area contributed by atoms with Gasteiger partial charge in [0.25, 0.3) is 0 Å². The van der Waals surface area contributed by atoms with Crippen molar-refractivity contribution in [2.24, 2.45) is 7.05 Å². The molecule has 5 nitrogen and oxygen atoms in total. The predicted octanol–water partition coefficient (Wildman–Crippen LogP) is 2.22. The van der Waals surface area contributed by atoms with Crippen LogP contribution in [0.15, 0.2) is 41.4 Å². The summed E-state index contributed by atoms with van der Waals surface area (Å²) in [6.45, 7) is 0.0453. The van der Waals surface area contributed by atoms with E-state index in [1.54, 1.807) is 29.9 Å². The first-order valence-corrected chi connectivity index (χ1v) is 8.41. The standard InChI is InChI=1S/C14H16ClFN2O3S/c1-18-8-2-3-13(18)14(19)6-7-17-22(20,21)10-4-5-12(16)11(15)9-10/h2-5,8-9,14,17,19H,6-7H2,1H3. The highest BCUT2D eigenvalue weighted by atomic mass is 35.5.